The summed E-state index contributed by atoms with van der Waals surface area (Å²) in [7, 11) is 0. The largest absolute Gasteiger partial charge is 0.504 e. The van der Waals surface area contributed by atoms with Crippen LogP contribution >= 0.6 is 11.6 Å². The van der Waals surface area contributed by atoms with Crippen LogP contribution in [-0.4, -0.2) is 72.4 Å². The number of fused-ring (bicyclic) bond motifs is 2. The fourth-order valence-corrected chi connectivity index (χ4v) is 7.00. The van der Waals surface area contributed by atoms with Crippen LogP contribution in [0.1, 0.15) is 58.1 Å². The molecule has 1 saturated heterocycles. The molecular weight excluding hydrogens is 729 g/mol. The van der Waals surface area contributed by atoms with Gasteiger partial charge in [0.1, 0.15) is 12.0 Å². The normalized spacial score (nSPS) is 14.1. The summed E-state index contributed by atoms with van der Waals surface area (Å²) in [4.78, 5) is 54.0. The highest BCUT2D eigenvalue weighted by Gasteiger charge is 2.32. The Morgan fingerprint density at radius 2 is 1.76 bits per heavy atom. The molecule has 2 aromatic carbocycles. The van der Waals surface area contributed by atoms with Gasteiger partial charge in [-0.1, -0.05) is 30.7 Å². The Bertz CT molecular complexity index is 2300. The van der Waals surface area contributed by atoms with Gasteiger partial charge in [0.05, 0.1) is 46.6 Å². The standard InChI is InChI=1S/C29H33N7O4.C8H5ClF3NO/c1-5-22-25(33-9-11-34(12-10-33)27(38)24-26(37)17(3)30-16-31-24)28(39)36-18(4)23(32-29(36)35(22)6-2)19-7-8-20-14-40-15-21(20)13-19;9-6-3-5(8(10,11)12)1-2-7(6)13-4-14/h7-8,13,16,37H,5-6,9-12,14-15H2,1-4H3;1-4H,(H,13,14). The molecule has 0 unspecified atom stereocenters. The van der Waals surface area contributed by atoms with Gasteiger partial charge in [-0.25, -0.2) is 19.4 Å². The Hall–Kier alpha value is -5.48. The molecule has 0 aliphatic carbocycles. The first kappa shape index (κ1) is 38.3. The second-order valence-corrected chi connectivity index (χ2v) is 13.2. The topological polar surface area (TPSA) is 147 Å². The first-order chi connectivity index (χ1) is 25.8. The fraction of sp³-hybridized carbons (Fsp3) is 0.351. The average molecular weight is 767 g/mol. The van der Waals surface area contributed by atoms with Crippen LogP contribution in [0.3, 0.4) is 0 Å². The fourth-order valence-electron chi connectivity index (χ4n) is 6.77. The molecule has 7 rings (SSSR count). The number of imidazole rings is 1. The number of nitrogens with zero attached hydrogens (tertiary/aromatic N) is 7. The Balaban J connectivity index is 0.000000300. The third kappa shape index (κ3) is 7.22. The molecule has 0 radical (unpaired) electrons. The Morgan fingerprint density at radius 3 is 2.41 bits per heavy atom. The lowest BCUT2D eigenvalue weighted by Crippen LogP contribution is -2.51. The second-order valence-electron chi connectivity index (χ2n) is 12.7. The molecule has 5 aromatic rings. The van der Waals surface area contributed by atoms with Gasteiger partial charge in [0.2, 0.25) is 12.2 Å². The van der Waals surface area contributed by atoms with Gasteiger partial charge in [-0.05, 0) is 62.6 Å². The van der Waals surface area contributed by atoms with E-state index in [1.165, 1.54) is 11.9 Å². The minimum atomic E-state index is -4.43. The van der Waals surface area contributed by atoms with Crippen LogP contribution in [0.15, 0.2) is 47.5 Å². The Kier molecular flexibility index (Phi) is 11.0. The zero-order valence-corrected chi connectivity index (χ0v) is 30.8. The van der Waals surface area contributed by atoms with Crippen LogP contribution in [0.25, 0.3) is 17.0 Å². The van der Waals surface area contributed by atoms with Gasteiger partial charge in [0.15, 0.2) is 11.4 Å². The first-order valence-corrected chi connectivity index (χ1v) is 17.6. The van der Waals surface area contributed by atoms with Gasteiger partial charge >= 0.3 is 6.18 Å². The minimum absolute atomic E-state index is 0.00430. The molecule has 54 heavy (non-hydrogen) atoms. The smallest absolute Gasteiger partial charge is 0.416 e. The summed E-state index contributed by atoms with van der Waals surface area (Å²) in [5, 5.41) is 12.3. The van der Waals surface area contributed by atoms with E-state index < -0.39 is 11.7 Å². The van der Waals surface area contributed by atoms with Crippen molar-refractivity contribution < 1.29 is 32.6 Å². The summed E-state index contributed by atoms with van der Waals surface area (Å²) in [6, 6.07) is 8.95. The lowest BCUT2D eigenvalue weighted by molar-refractivity contribution is -0.137. The first-order valence-electron chi connectivity index (χ1n) is 17.2. The average Bonchev–Trinajstić information content (AvgIpc) is 3.77. The number of aryl methyl sites for hydroxylation is 3. The maximum Gasteiger partial charge on any atom is 0.416 e. The lowest BCUT2D eigenvalue weighted by atomic mass is 10.0. The molecule has 0 spiro atoms. The maximum absolute atomic E-state index is 14.2. The van der Waals surface area contributed by atoms with Crippen molar-refractivity contribution in [3.8, 4) is 17.0 Å². The van der Waals surface area contributed by atoms with Crippen molar-refractivity contribution in [2.45, 2.75) is 60.1 Å². The monoisotopic (exact) mass is 766 g/mol. The van der Waals surface area contributed by atoms with Crippen molar-refractivity contribution >= 4 is 41.1 Å². The van der Waals surface area contributed by atoms with Gasteiger partial charge < -0.3 is 29.5 Å². The SMILES string of the molecule is CCc1c(N2CCN(C(=O)c3ncnc(C)c3O)CC2)c(=O)n2c(C)c(-c3ccc4c(c3)COC4)nc2n1CC.O=CNc1ccc(C(F)(F)F)cc1Cl. The van der Waals surface area contributed by atoms with E-state index in [0.717, 1.165) is 46.4 Å². The molecule has 0 atom stereocenters. The molecule has 2 aliphatic heterocycles. The molecule has 5 heterocycles. The molecular formula is C37H38ClF3N8O5. The number of aromatic nitrogens is 5. The Labute approximate surface area is 313 Å². The van der Waals surface area contributed by atoms with E-state index in [1.807, 2.05) is 6.92 Å². The number of anilines is 2. The number of carbonyl (C=O) groups is 2. The number of ether oxygens (including phenoxy) is 1. The van der Waals surface area contributed by atoms with E-state index in [1.54, 1.807) is 16.2 Å². The van der Waals surface area contributed by atoms with Crippen LogP contribution < -0.4 is 15.8 Å². The van der Waals surface area contributed by atoms with Crippen molar-refractivity contribution in [3.63, 3.8) is 0 Å². The van der Waals surface area contributed by atoms with Crippen LogP contribution in [-0.2, 0) is 41.9 Å². The zero-order chi connectivity index (χ0) is 38.9. The quantitative estimate of drug-likeness (QED) is 0.197. The lowest BCUT2D eigenvalue weighted by Gasteiger charge is -2.36. The van der Waals surface area contributed by atoms with Crippen molar-refractivity contribution in [1.29, 1.82) is 0 Å². The third-order valence-corrected chi connectivity index (χ3v) is 9.90. The minimum Gasteiger partial charge on any atom is -0.504 e. The molecule has 284 valence electrons. The summed E-state index contributed by atoms with van der Waals surface area (Å²) in [5.41, 5.74) is 6.07. The van der Waals surface area contributed by atoms with E-state index in [9.17, 15) is 32.7 Å². The van der Waals surface area contributed by atoms with E-state index in [4.69, 9.17) is 21.3 Å². The van der Waals surface area contributed by atoms with Gasteiger partial charge in [0.25, 0.3) is 11.5 Å². The molecule has 17 heteroatoms. The maximum atomic E-state index is 14.2. The van der Waals surface area contributed by atoms with Gasteiger partial charge in [-0.2, -0.15) is 13.2 Å². The van der Waals surface area contributed by atoms with Crippen molar-refractivity contribution in [3.05, 3.63) is 97.6 Å². The van der Waals surface area contributed by atoms with Gasteiger partial charge in [-0.15, -0.1) is 0 Å². The summed E-state index contributed by atoms with van der Waals surface area (Å²) >= 11 is 5.49. The van der Waals surface area contributed by atoms with Crippen molar-refractivity contribution in [2.24, 2.45) is 0 Å². The molecule has 3 aromatic heterocycles. The van der Waals surface area contributed by atoms with E-state index in [0.29, 0.717) is 75.9 Å². The predicted octanol–water partition coefficient (Wildman–Crippen LogP) is 5.78. The highest BCUT2D eigenvalue weighted by atomic mass is 35.5. The van der Waals surface area contributed by atoms with Crippen molar-refractivity contribution in [2.75, 3.05) is 36.4 Å². The third-order valence-electron chi connectivity index (χ3n) is 9.58. The molecule has 2 N–H and O–H groups in total. The van der Waals surface area contributed by atoms with E-state index >= 15 is 0 Å². The van der Waals surface area contributed by atoms with E-state index in [2.05, 4.69) is 56.8 Å². The summed E-state index contributed by atoms with van der Waals surface area (Å²) in [5.74, 6) is 0.108. The number of alkyl halides is 3. The zero-order valence-electron chi connectivity index (χ0n) is 30.0. The number of hydrogen-bond donors (Lipinski definition) is 2. The number of hydrogen-bond acceptors (Lipinski definition) is 9. The number of halogens is 4. The van der Waals surface area contributed by atoms with Crippen LogP contribution in [0.5, 0.6) is 5.75 Å². The number of amides is 2. The second kappa shape index (κ2) is 15.5. The summed E-state index contributed by atoms with van der Waals surface area (Å²) in [6.07, 6.45) is -2.13. The van der Waals surface area contributed by atoms with Crippen LogP contribution in [0.4, 0.5) is 24.5 Å². The number of aromatic hydroxyl groups is 1. The van der Waals surface area contributed by atoms with Crippen LogP contribution in [0.2, 0.25) is 5.02 Å². The van der Waals surface area contributed by atoms with Crippen LogP contribution in [0, 0.1) is 13.8 Å². The highest BCUT2D eigenvalue weighted by Crippen LogP contribution is 2.34. The number of rotatable bonds is 7. The summed E-state index contributed by atoms with van der Waals surface area (Å²) < 4.78 is 45.9. The number of carbonyl (C=O) groups excluding carboxylic acids is 2. The van der Waals surface area contributed by atoms with Crippen molar-refractivity contribution in [1.82, 2.24) is 28.8 Å². The molecule has 0 bridgehead atoms. The Morgan fingerprint density at radius 1 is 1.04 bits per heavy atom. The highest BCUT2D eigenvalue weighted by molar-refractivity contribution is 6.33. The van der Waals surface area contributed by atoms with E-state index in [-0.39, 0.29) is 33.6 Å². The number of piperazine rings is 1. The molecule has 1 fully saturated rings. The summed E-state index contributed by atoms with van der Waals surface area (Å²) in [6.45, 7) is 11.4. The predicted molar refractivity (Wildman–Crippen MR) is 196 cm³/mol. The molecule has 13 nitrogen and oxygen atoms in total. The van der Waals surface area contributed by atoms with Gasteiger partial charge in [0, 0.05) is 44.0 Å². The molecule has 2 amide bonds. The molecule has 2 aliphatic rings. The van der Waals surface area contributed by atoms with Gasteiger partial charge in [-0.3, -0.25) is 14.4 Å². The molecule has 0 saturated carbocycles. The number of nitrogens with one attached hydrogen (secondary N) is 1. The number of benzene rings is 2.